The highest BCUT2D eigenvalue weighted by molar-refractivity contribution is 5.94. The highest BCUT2D eigenvalue weighted by Crippen LogP contribution is 2.30. The van der Waals surface area contributed by atoms with E-state index >= 15 is 0 Å². The second kappa shape index (κ2) is 4.08. The fourth-order valence-electron chi connectivity index (χ4n) is 2.71. The van der Waals surface area contributed by atoms with Crippen LogP contribution in [0.5, 0.6) is 0 Å². The maximum Gasteiger partial charge on any atom is 0.0651 e. The lowest BCUT2D eigenvalue weighted by molar-refractivity contribution is 0.353. The number of nitrogens with one attached hydrogen (secondary N) is 2. The number of rotatable bonds is 3. The summed E-state index contributed by atoms with van der Waals surface area (Å²) in [6, 6.07) is 8.53. The van der Waals surface area contributed by atoms with Crippen LogP contribution in [0.25, 0.3) is 10.9 Å². The van der Waals surface area contributed by atoms with Gasteiger partial charge in [-0.25, -0.2) is 0 Å². The highest BCUT2D eigenvalue weighted by Gasteiger charge is 2.20. The molecule has 3 heteroatoms. The molecule has 1 fully saturated rings. The van der Waals surface area contributed by atoms with Crippen molar-refractivity contribution in [3.05, 3.63) is 30.0 Å². The Balaban J connectivity index is 1.94. The monoisotopic (exact) mass is 229 g/mol. The zero-order chi connectivity index (χ0) is 11.8. The van der Waals surface area contributed by atoms with E-state index in [1.54, 1.807) is 0 Å². The fraction of sp³-hybridized carbons (Fsp3) is 0.429. The first-order chi connectivity index (χ1) is 8.25. The fourth-order valence-corrected chi connectivity index (χ4v) is 2.71. The van der Waals surface area contributed by atoms with E-state index in [9.17, 15) is 0 Å². The van der Waals surface area contributed by atoms with E-state index in [1.807, 2.05) is 0 Å². The van der Waals surface area contributed by atoms with E-state index in [1.165, 1.54) is 22.3 Å². The summed E-state index contributed by atoms with van der Waals surface area (Å²) < 4.78 is 0. The van der Waals surface area contributed by atoms with Crippen molar-refractivity contribution in [1.29, 1.82) is 0 Å². The van der Waals surface area contributed by atoms with Crippen molar-refractivity contribution in [3.8, 4) is 0 Å². The van der Waals surface area contributed by atoms with Crippen molar-refractivity contribution in [1.82, 2.24) is 10.3 Å². The molecular formula is C14H19N3. The molecule has 0 unspecified atom stereocenters. The van der Waals surface area contributed by atoms with Crippen molar-refractivity contribution in [2.45, 2.75) is 6.92 Å². The quantitative estimate of drug-likeness (QED) is 0.845. The standard InChI is InChI=1S/C14H19N3/c1-10-14(17(2)9-11-7-15-8-11)12-5-3-4-6-13(12)16-10/h3-6,11,15-16H,7-9H2,1-2H3. The summed E-state index contributed by atoms with van der Waals surface area (Å²) in [5, 5.41) is 4.66. The Hall–Kier alpha value is -1.48. The average molecular weight is 229 g/mol. The molecule has 17 heavy (non-hydrogen) atoms. The molecule has 1 aromatic heterocycles. The number of anilines is 1. The number of fused-ring (bicyclic) bond motifs is 1. The molecule has 90 valence electrons. The van der Waals surface area contributed by atoms with Crippen molar-refractivity contribution >= 4 is 16.6 Å². The van der Waals surface area contributed by atoms with Gasteiger partial charge < -0.3 is 15.2 Å². The van der Waals surface area contributed by atoms with Gasteiger partial charge in [0, 0.05) is 49.2 Å². The van der Waals surface area contributed by atoms with Gasteiger partial charge in [-0.1, -0.05) is 18.2 Å². The Bertz CT molecular complexity index is 525. The lowest BCUT2D eigenvalue weighted by atomic mass is 10.0. The summed E-state index contributed by atoms with van der Waals surface area (Å²) in [5.41, 5.74) is 3.85. The van der Waals surface area contributed by atoms with Gasteiger partial charge in [-0.2, -0.15) is 0 Å². The predicted octanol–water partition coefficient (Wildman–Crippen LogP) is 2.13. The third-order valence-electron chi connectivity index (χ3n) is 3.64. The van der Waals surface area contributed by atoms with Crippen LogP contribution in [0.15, 0.2) is 24.3 Å². The number of hydrogen-bond acceptors (Lipinski definition) is 2. The number of aromatic amines is 1. The normalized spacial score (nSPS) is 16.1. The van der Waals surface area contributed by atoms with Gasteiger partial charge in [-0.3, -0.25) is 0 Å². The summed E-state index contributed by atoms with van der Waals surface area (Å²) in [6.45, 7) is 5.61. The van der Waals surface area contributed by atoms with Gasteiger partial charge in [-0.05, 0) is 13.0 Å². The Kier molecular flexibility index (Phi) is 2.56. The molecule has 2 heterocycles. The zero-order valence-electron chi connectivity index (χ0n) is 10.5. The van der Waals surface area contributed by atoms with Crippen molar-refractivity contribution < 1.29 is 0 Å². The summed E-state index contributed by atoms with van der Waals surface area (Å²) >= 11 is 0. The lowest BCUT2D eigenvalue weighted by Gasteiger charge is -2.32. The maximum absolute atomic E-state index is 3.46. The van der Waals surface area contributed by atoms with Crippen molar-refractivity contribution in [2.75, 3.05) is 31.6 Å². The van der Waals surface area contributed by atoms with E-state index in [0.717, 1.165) is 25.6 Å². The number of aromatic nitrogens is 1. The van der Waals surface area contributed by atoms with Crippen LogP contribution in [0.1, 0.15) is 5.69 Å². The van der Waals surface area contributed by atoms with Gasteiger partial charge >= 0.3 is 0 Å². The average Bonchev–Trinajstić information content (AvgIpc) is 2.59. The number of nitrogens with zero attached hydrogens (tertiary/aromatic N) is 1. The van der Waals surface area contributed by atoms with Gasteiger partial charge in [-0.15, -0.1) is 0 Å². The second-order valence-corrected chi connectivity index (χ2v) is 5.05. The molecule has 2 aromatic rings. The summed E-state index contributed by atoms with van der Waals surface area (Å²) in [6.07, 6.45) is 0. The highest BCUT2D eigenvalue weighted by atomic mass is 15.1. The Morgan fingerprint density at radius 3 is 2.76 bits per heavy atom. The lowest BCUT2D eigenvalue weighted by Crippen LogP contribution is -2.47. The molecule has 2 N–H and O–H groups in total. The first-order valence-electron chi connectivity index (χ1n) is 6.25. The summed E-state index contributed by atoms with van der Waals surface area (Å²) in [4.78, 5) is 5.85. The summed E-state index contributed by atoms with van der Waals surface area (Å²) in [7, 11) is 2.20. The minimum Gasteiger partial charge on any atom is -0.372 e. The topological polar surface area (TPSA) is 31.1 Å². The molecule has 0 atom stereocenters. The molecule has 3 rings (SSSR count). The molecule has 1 aromatic carbocycles. The molecule has 0 saturated carbocycles. The van der Waals surface area contributed by atoms with Crippen LogP contribution in [0.2, 0.25) is 0 Å². The van der Waals surface area contributed by atoms with Gasteiger partial charge in [0.05, 0.1) is 5.69 Å². The number of H-pyrrole nitrogens is 1. The van der Waals surface area contributed by atoms with Crippen molar-refractivity contribution in [3.63, 3.8) is 0 Å². The molecule has 0 aliphatic carbocycles. The molecule has 1 saturated heterocycles. The van der Waals surface area contributed by atoms with Gasteiger partial charge in [0.25, 0.3) is 0 Å². The van der Waals surface area contributed by atoms with E-state index in [4.69, 9.17) is 0 Å². The van der Waals surface area contributed by atoms with Crippen LogP contribution >= 0.6 is 0 Å². The molecule has 0 bridgehead atoms. The third-order valence-corrected chi connectivity index (χ3v) is 3.64. The van der Waals surface area contributed by atoms with E-state index < -0.39 is 0 Å². The van der Waals surface area contributed by atoms with Crippen LogP contribution in [-0.4, -0.2) is 31.7 Å². The Labute approximate surface area is 102 Å². The van der Waals surface area contributed by atoms with Crippen LogP contribution in [0.3, 0.4) is 0 Å². The predicted molar refractivity (Wildman–Crippen MR) is 72.7 cm³/mol. The smallest absolute Gasteiger partial charge is 0.0651 e. The maximum atomic E-state index is 3.46. The second-order valence-electron chi connectivity index (χ2n) is 5.05. The largest absolute Gasteiger partial charge is 0.372 e. The van der Waals surface area contributed by atoms with Crippen LogP contribution in [-0.2, 0) is 0 Å². The minimum atomic E-state index is 0.799. The zero-order valence-corrected chi connectivity index (χ0v) is 10.5. The van der Waals surface area contributed by atoms with Crippen LogP contribution < -0.4 is 10.2 Å². The number of aryl methyl sites for hydroxylation is 1. The Morgan fingerprint density at radius 2 is 2.06 bits per heavy atom. The number of hydrogen-bond donors (Lipinski definition) is 2. The molecule has 1 aliphatic heterocycles. The molecule has 0 spiro atoms. The minimum absolute atomic E-state index is 0.799. The molecule has 0 radical (unpaired) electrons. The third kappa shape index (κ3) is 1.80. The van der Waals surface area contributed by atoms with Crippen LogP contribution in [0.4, 0.5) is 5.69 Å². The van der Waals surface area contributed by atoms with Gasteiger partial charge in [0.15, 0.2) is 0 Å². The number of benzene rings is 1. The molecule has 3 nitrogen and oxygen atoms in total. The van der Waals surface area contributed by atoms with E-state index in [2.05, 4.69) is 53.4 Å². The number of para-hydroxylation sites is 1. The van der Waals surface area contributed by atoms with Crippen LogP contribution in [0, 0.1) is 12.8 Å². The first-order valence-corrected chi connectivity index (χ1v) is 6.25. The van der Waals surface area contributed by atoms with Gasteiger partial charge in [0.2, 0.25) is 0 Å². The Morgan fingerprint density at radius 1 is 1.29 bits per heavy atom. The SMILES string of the molecule is Cc1[nH]c2ccccc2c1N(C)CC1CNC1. The van der Waals surface area contributed by atoms with E-state index in [-0.39, 0.29) is 0 Å². The molecular weight excluding hydrogens is 210 g/mol. The van der Waals surface area contributed by atoms with E-state index in [0.29, 0.717) is 0 Å². The van der Waals surface area contributed by atoms with Gasteiger partial charge in [0.1, 0.15) is 0 Å². The van der Waals surface area contributed by atoms with Crippen molar-refractivity contribution in [2.24, 2.45) is 5.92 Å². The molecule has 0 amide bonds. The summed E-state index contributed by atoms with van der Waals surface area (Å²) in [5.74, 6) is 0.799. The molecule has 1 aliphatic rings. The first kappa shape index (κ1) is 10.7.